The summed E-state index contributed by atoms with van der Waals surface area (Å²) in [5, 5.41) is 12.4. The summed E-state index contributed by atoms with van der Waals surface area (Å²) >= 11 is 0. The molecule has 1 aliphatic heterocycles. The first-order valence-corrected chi connectivity index (χ1v) is 6.98. The van der Waals surface area contributed by atoms with E-state index in [1.807, 2.05) is 0 Å². The summed E-state index contributed by atoms with van der Waals surface area (Å²) in [6.07, 6.45) is 5.97. The van der Waals surface area contributed by atoms with Crippen molar-refractivity contribution < 1.29 is 9.53 Å². The van der Waals surface area contributed by atoms with Crippen molar-refractivity contribution in [1.29, 1.82) is 5.26 Å². The van der Waals surface area contributed by atoms with Crippen molar-refractivity contribution in [3.05, 3.63) is 0 Å². The zero-order chi connectivity index (χ0) is 13.0. The second kappa shape index (κ2) is 5.71. The number of nitrogens with zero attached hydrogens (tertiary/aromatic N) is 1. The molecule has 0 bridgehead atoms. The molecule has 1 amide bonds. The van der Waals surface area contributed by atoms with Gasteiger partial charge in [-0.2, -0.15) is 5.26 Å². The van der Waals surface area contributed by atoms with Gasteiger partial charge in [-0.15, -0.1) is 0 Å². The predicted octanol–water partition coefficient (Wildman–Crippen LogP) is 2.00. The van der Waals surface area contributed by atoms with Crippen LogP contribution < -0.4 is 5.32 Å². The summed E-state index contributed by atoms with van der Waals surface area (Å²) in [4.78, 5) is 12.3. The van der Waals surface area contributed by atoms with Crippen LogP contribution in [-0.2, 0) is 9.53 Å². The molecule has 2 aliphatic rings. The molecule has 1 saturated heterocycles. The first kappa shape index (κ1) is 13.4. The molecule has 1 N–H and O–H groups in total. The summed E-state index contributed by atoms with van der Waals surface area (Å²) in [6, 6.07) is 2.41. The molecule has 1 heterocycles. The van der Waals surface area contributed by atoms with Crippen LogP contribution in [0.5, 0.6) is 0 Å². The predicted molar refractivity (Wildman–Crippen MR) is 67.7 cm³/mol. The Labute approximate surface area is 109 Å². The van der Waals surface area contributed by atoms with E-state index in [-0.39, 0.29) is 11.9 Å². The molecule has 1 unspecified atom stereocenters. The molecule has 1 saturated carbocycles. The lowest BCUT2D eigenvalue weighted by Gasteiger charge is -2.31. The lowest BCUT2D eigenvalue weighted by molar-refractivity contribution is -0.133. The molecule has 0 radical (unpaired) electrons. The van der Waals surface area contributed by atoms with Crippen LogP contribution in [-0.4, -0.2) is 25.2 Å². The zero-order valence-electron chi connectivity index (χ0n) is 11.1. The molecular formula is C14H22N2O2. The molecule has 100 valence electrons. The third-order valence-electron chi connectivity index (χ3n) is 4.46. The fourth-order valence-corrected chi connectivity index (χ4v) is 3.03. The molecule has 0 aromatic heterocycles. The quantitative estimate of drug-likeness (QED) is 0.833. The number of hydrogen-bond acceptors (Lipinski definition) is 3. The summed E-state index contributed by atoms with van der Waals surface area (Å²) in [7, 11) is 0. The van der Waals surface area contributed by atoms with E-state index < -0.39 is 5.41 Å². The van der Waals surface area contributed by atoms with Crippen LogP contribution in [0.15, 0.2) is 0 Å². The lowest BCUT2D eigenvalue weighted by Crippen LogP contribution is -2.48. The van der Waals surface area contributed by atoms with Crippen LogP contribution in [0, 0.1) is 22.7 Å². The minimum absolute atomic E-state index is 0.0901. The van der Waals surface area contributed by atoms with Crippen LogP contribution in [0.25, 0.3) is 0 Å². The standard InChI is InChI=1S/C14H22N2O2/c1-11(12-4-2-3-5-12)16-13(17)14(10-15)6-8-18-9-7-14/h11-12H,2-9H2,1H3,(H,16,17). The largest absolute Gasteiger partial charge is 0.381 e. The van der Waals surface area contributed by atoms with Gasteiger partial charge in [0.05, 0.1) is 6.07 Å². The average molecular weight is 250 g/mol. The fraction of sp³-hybridized carbons (Fsp3) is 0.857. The Bertz CT molecular complexity index is 336. The number of ether oxygens (including phenoxy) is 1. The van der Waals surface area contributed by atoms with Crippen molar-refractivity contribution in [2.24, 2.45) is 11.3 Å². The fourth-order valence-electron chi connectivity index (χ4n) is 3.03. The van der Waals surface area contributed by atoms with E-state index in [1.54, 1.807) is 0 Å². The maximum absolute atomic E-state index is 12.3. The number of nitriles is 1. The Morgan fingerprint density at radius 1 is 1.39 bits per heavy atom. The molecule has 18 heavy (non-hydrogen) atoms. The van der Waals surface area contributed by atoms with E-state index in [9.17, 15) is 10.1 Å². The smallest absolute Gasteiger partial charge is 0.240 e. The molecule has 0 spiro atoms. The summed E-state index contributed by atoms with van der Waals surface area (Å²) in [5.41, 5.74) is -0.856. The van der Waals surface area contributed by atoms with Crippen molar-refractivity contribution in [1.82, 2.24) is 5.32 Å². The zero-order valence-corrected chi connectivity index (χ0v) is 11.1. The minimum atomic E-state index is -0.856. The highest BCUT2D eigenvalue weighted by Gasteiger charge is 2.41. The highest BCUT2D eigenvalue weighted by atomic mass is 16.5. The van der Waals surface area contributed by atoms with Gasteiger partial charge in [-0.05, 0) is 38.5 Å². The summed E-state index contributed by atoms with van der Waals surface area (Å²) in [6.45, 7) is 3.09. The Kier molecular flexibility index (Phi) is 4.23. The van der Waals surface area contributed by atoms with Gasteiger partial charge in [0.1, 0.15) is 5.41 Å². The Morgan fingerprint density at radius 2 is 2.00 bits per heavy atom. The number of carbonyl (C=O) groups excluding carboxylic acids is 1. The molecule has 2 rings (SSSR count). The average Bonchev–Trinajstić information content (AvgIpc) is 2.93. The normalized spacial score (nSPS) is 25.3. The van der Waals surface area contributed by atoms with Crippen molar-refractivity contribution in [3.63, 3.8) is 0 Å². The molecule has 0 aromatic rings. The molecule has 4 nitrogen and oxygen atoms in total. The first-order chi connectivity index (χ1) is 8.68. The van der Waals surface area contributed by atoms with Gasteiger partial charge in [-0.1, -0.05) is 12.8 Å². The van der Waals surface area contributed by atoms with Crippen molar-refractivity contribution in [2.75, 3.05) is 13.2 Å². The van der Waals surface area contributed by atoms with E-state index in [4.69, 9.17) is 4.74 Å². The maximum atomic E-state index is 12.3. The number of hydrogen-bond donors (Lipinski definition) is 1. The van der Waals surface area contributed by atoms with Gasteiger partial charge in [0.15, 0.2) is 0 Å². The highest BCUT2D eigenvalue weighted by Crippen LogP contribution is 2.32. The SMILES string of the molecule is CC(NC(=O)C1(C#N)CCOCC1)C1CCCC1. The van der Waals surface area contributed by atoms with Gasteiger partial charge in [0, 0.05) is 19.3 Å². The number of carbonyl (C=O) groups is 1. The van der Waals surface area contributed by atoms with Crippen molar-refractivity contribution in [3.8, 4) is 6.07 Å². The third kappa shape index (κ3) is 2.67. The van der Waals surface area contributed by atoms with Gasteiger partial charge < -0.3 is 10.1 Å². The number of amides is 1. The topological polar surface area (TPSA) is 62.1 Å². The Morgan fingerprint density at radius 3 is 2.56 bits per heavy atom. The van der Waals surface area contributed by atoms with E-state index in [0.29, 0.717) is 32.0 Å². The van der Waals surface area contributed by atoms with E-state index >= 15 is 0 Å². The first-order valence-electron chi connectivity index (χ1n) is 6.98. The van der Waals surface area contributed by atoms with Gasteiger partial charge >= 0.3 is 0 Å². The molecule has 2 fully saturated rings. The van der Waals surface area contributed by atoms with Gasteiger partial charge in [-0.3, -0.25) is 4.79 Å². The lowest BCUT2D eigenvalue weighted by atomic mass is 9.80. The second-order valence-corrected chi connectivity index (χ2v) is 5.61. The number of rotatable bonds is 3. The number of nitrogens with one attached hydrogen (secondary N) is 1. The van der Waals surface area contributed by atoms with Crippen LogP contribution >= 0.6 is 0 Å². The molecule has 1 aliphatic carbocycles. The molecule has 1 atom stereocenters. The van der Waals surface area contributed by atoms with Gasteiger partial charge in [0.25, 0.3) is 0 Å². The molecule has 0 aromatic carbocycles. The van der Waals surface area contributed by atoms with Crippen LogP contribution in [0.4, 0.5) is 0 Å². The van der Waals surface area contributed by atoms with Crippen LogP contribution in [0.3, 0.4) is 0 Å². The van der Waals surface area contributed by atoms with Gasteiger partial charge in [-0.25, -0.2) is 0 Å². The molecular weight excluding hydrogens is 228 g/mol. The molecule has 4 heteroatoms. The minimum Gasteiger partial charge on any atom is -0.381 e. The van der Waals surface area contributed by atoms with E-state index in [1.165, 1.54) is 25.7 Å². The summed E-state index contributed by atoms with van der Waals surface area (Å²) in [5.74, 6) is 0.497. The Balaban J connectivity index is 1.95. The van der Waals surface area contributed by atoms with Crippen LogP contribution in [0.1, 0.15) is 45.4 Å². The maximum Gasteiger partial charge on any atom is 0.240 e. The highest BCUT2D eigenvalue weighted by molar-refractivity contribution is 5.85. The van der Waals surface area contributed by atoms with Crippen molar-refractivity contribution in [2.45, 2.75) is 51.5 Å². The second-order valence-electron chi connectivity index (χ2n) is 5.61. The monoisotopic (exact) mass is 250 g/mol. The van der Waals surface area contributed by atoms with Crippen LogP contribution in [0.2, 0.25) is 0 Å². The third-order valence-corrected chi connectivity index (χ3v) is 4.46. The Hall–Kier alpha value is -1.08. The van der Waals surface area contributed by atoms with Crippen molar-refractivity contribution >= 4 is 5.91 Å². The van der Waals surface area contributed by atoms with Gasteiger partial charge in [0.2, 0.25) is 5.91 Å². The van der Waals surface area contributed by atoms with E-state index in [0.717, 1.165) is 0 Å². The van der Waals surface area contributed by atoms with E-state index in [2.05, 4.69) is 18.3 Å². The summed E-state index contributed by atoms with van der Waals surface area (Å²) < 4.78 is 5.25.